The zero-order valence-electron chi connectivity index (χ0n) is 22.1. The molecule has 32 heavy (non-hydrogen) atoms. The van der Waals surface area contributed by atoms with E-state index in [1.54, 1.807) is 12.2 Å². The summed E-state index contributed by atoms with van der Waals surface area (Å²) in [6, 6.07) is -0.129. The summed E-state index contributed by atoms with van der Waals surface area (Å²) in [6.45, 7) is 22.8. The van der Waals surface area contributed by atoms with Gasteiger partial charge < -0.3 is 10.6 Å². The summed E-state index contributed by atoms with van der Waals surface area (Å²) in [5, 5.41) is 6.13. The molecular weight excluding hydrogens is 413 g/mol. The Labute approximate surface area is 196 Å². The largest absolute Gasteiger partial charge is 0.386 e. The predicted molar refractivity (Wildman–Crippen MR) is 134 cm³/mol. The van der Waals surface area contributed by atoms with Crippen molar-refractivity contribution >= 4 is 6.03 Å². The van der Waals surface area contributed by atoms with E-state index in [0.717, 1.165) is 18.5 Å². The van der Waals surface area contributed by atoms with Crippen molar-refractivity contribution in [3.05, 3.63) is 36.6 Å². The van der Waals surface area contributed by atoms with Crippen LogP contribution in [0.5, 0.6) is 0 Å². The van der Waals surface area contributed by atoms with E-state index < -0.39 is 6.18 Å². The third-order valence-corrected chi connectivity index (χ3v) is 4.40. The van der Waals surface area contributed by atoms with E-state index in [0.29, 0.717) is 17.8 Å². The Balaban J connectivity index is -0.000000803. The van der Waals surface area contributed by atoms with Crippen LogP contribution in [0.4, 0.5) is 18.0 Å². The number of amides is 2. The molecule has 2 N–H and O–H groups in total. The second-order valence-electron chi connectivity index (χ2n) is 8.52. The zero-order chi connectivity index (χ0) is 26.0. The molecule has 190 valence electrons. The normalized spacial score (nSPS) is 23.0. The van der Waals surface area contributed by atoms with Crippen LogP contribution in [-0.4, -0.2) is 17.7 Å². The van der Waals surface area contributed by atoms with E-state index in [1.807, 2.05) is 46.8 Å². The van der Waals surface area contributed by atoms with Crippen LogP contribution >= 0.6 is 0 Å². The third kappa shape index (κ3) is 21.5. The van der Waals surface area contributed by atoms with Crippen molar-refractivity contribution < 1.29 is 18.0 Å². The van der Waals surface area contributed by atoms with E-state index in [9.17, 15) is 18.0 Å². The number of nitrogens with one attached hydrogen (secondary N) is 2. The molecule has 0 aromatic carbocycles. The number of hydrogen-bond donors (Lipinski definition) is 2. The average molecular weight is 463 g/mol. The summed E-state index contributed by atoms with van der Waals surface area (Å²) in [5.41, 5.74) is 0.627. The number of urea groups is 1. The van der Waals surface area contributed by atoms with Crippen LogP contribution in [0.3, 0.4) is 0 Å². The molecular formula is C26H49F3N2O. The first-order valence-corrected chi connectivity index (χ1v) is 11.9. The first-order valence-electron chi connectivity index (χ1n) is 11.9. The second-order valence-corrected chi connectivity index (χ2v) is 8.52. The first kappa shape index (κ1) is 34.9. The minimum absolute atomic E-state index is 0.128. The van der Waals surface area contributed by atoms with Crippen molar-refractivity contribution in [2.45, 2.75) is 107 Å². The van der Waals surface area contributed by atoms with Crippen LogP contribution in [0.2, 0.25) is 0 Å². The maximum Gasteiger partial charge on any atom is 0.386 e. The molecule has 0 bridgehead atoms. The van der Waals surface area contributed by atoms with Gasteiger partial charge in [-0.3, -0.25) is 0 Å². The number of alkyl halides is 3. The zero-order valence-corrected chi connectivity index (χ0v) is 22.1. The number of carbonyl (C=O) groups is 1. The van der Waals surface area contributed by atoms with Gasteiger partial charge in [0, 0.05) is 18.2 Å². The predicted octanol–water partition coefficient (Wildman–Crippen LogP) is 8.79. The second kappa shape index (κ2) is 18.8. The minimum atomic E-state index is -4.00. The van der Waals surface area contributed by atoms with Crippen molar-refractivity contribution in [1.82, 2.24) is 10.6 Å². The van der Waals surface area contributed by atoms with Crippen molar-refractivity contribution in [3.63, 3.8) is 0 Å². The Morgan fingerprint density at radius 2 is 1.69 bits per heavy atom. The molecule has 0 aromatic heterocycles. The van der Waals surface area contributed by atoms with Gasteiger partial charge in [0.25, 0.3) is 0 Å². The van der Waals surface area contributed by atoms with Crippen LogP contribution in [0, 0.1) is 17.8 Å². The maximum absolute atomic E-state index is 12.4. The molecule has 0 heterocycles. The van der Waals surface area contributed by atoms with E-state index in [-0.39, 0.29) is 18.5 Å². The van der Waals surface area contributed by atoms with Gasteiger partial charge in [-0.1, -0.05) is 67.2 Å². The van der Waals surface area contributed by atoms with Gasteiger partial charge in [-0.15, -0.1) is 0 Å². The lowest BCUT2D eigenvalue weighted by atomic mass is 9.70. The van der Waals surface area contributed by atoms with Crippen LogP contribution in [0.1, 0.15) is 94.9 Å². The van der Waals surface area contributed by atoms with Crippen LogP contribution < -0.4 is 10.6 Å². The molecule has 1 rings (SSSR count). The molecule has 1 fully saturated rings. The van der Waals surface area contributed by atoms with E-state index in [4.69, 9.17) is 0 Å². The highest BCUT2D eigenvalue weighted by Gasteiger charge is 2.36. The summed E-state index contributed by atoms with van der Waals surface area (Å²) >= 11 is 0. The summed E-state index contributed by atoms with van der Waals surface area (Å²) in [4.78, 5) is 12.4. The van der Waals surface area contributed by atoms with Crippen LogP contribution in [-0.2, 0) is 0 Å². The summed E-state index contributed by atoms with van der Waals surface area (Å²) in [6.07, 6.45) is 7.87. The topological polar surface area (TPSA) is 41.1 Å². The SMILES string of the molecule is C=C/C=C(\C=C/C)NC(=O)NC1(C)CC(C)CC(CC(C)C)C1.CC.CC.CC(F)(F)F. The van der Waals surface area contributed by atoms with Gasteiger partial charge in [0.05, 0.1) is 0 Å². The molecule has 0 saturated heterocycles. The fourth-order valence-corrected chi connectivity index (χ4v) is 4.06. The monoisotopic (exact) mass is 462 g/mol. The average Bonchev–Trinajstić information content (AvgIpc) is 2.62. The molecule has 6 heteroatoms. The maximum atomic E-state index is 12.4. The van der Waals surface area contributed by atoms with Gasteiger partial charge in [0.1, 0.15) is 0 Å². The smallest absolute Gasteiger partial charge is 0.333 e. The molecule has 0 aromatic rings. The molecule has 0 radical (unpaired) electrons. The van der Waals surface area contributed by atoms with Crippen molar-refractivity contribution in [3.8, 4) is 0 Å². The summed E-state index contributed by atoms with van der Waals surface area (Å²) in [7, 11) is 0. The molecule has 3 nitrogen and oxygen atoms in total. The van der Waals surface area contributed by atoms with Crippen molar-refractivity contribution in [2.75, 3.05) is 0 Å². The molecule has 1 saturated carbocycles. The number of allylic oxidation sites excluding steroid dienone is 4. The molecule has 1 aliphatic rings. The van der Waals surface area contributed by atoms with Gasteiger partial charge >= 0.3 is 12.2 Å². The van der Waals surface area contributed by atoms with Gasteiger partial charge in [0.2, 0.25) is 0 Å². The fraction of sp³-hybridized carbons (Fsp3) is 0.731. The van der Waals surface area contributed by atoms with Gasteiger partial charge in [0.15, 0.2) is 0 Å². The van der Waals surface area contributed by atoms with E-state index >= 15 is 0 Å². The fourth-order valence-electron chi connectivity index (χ4n) is 4.06. The molecule has 0 spiro atoms. The summed E-state index contributed by atoms with van der Waals surface area (Å²) < 4.78 is 31.1. The first-order chi connectivity index (χ1) is 14.8. The Morgan fingerprint density at radius 3 is 2.09 bits per heavy atom. The lowest BCUT2D eigenvalue weighted by Gasteiger charge is -2.42. The summed E-state index contributed by atoms with van der Waals surface area (Å²) in [5.74, 6) is 2.06. The highest BCUT2D eigenvalue weighted by atomic mass is 19.4. The molecule has 2 amide bonds. The Hall–Kier alpha value is -1.72. The van der Waals surface area contributed by atoms with Gasteiger partial charge in [-0.25, -0.2) is 4.79 Å². The number of rotatable bonds is 6. The Morgan fingerprint density at radius 1 is 1.19 bits per heavy atom. The molecule has 3 atom stereocenters. The van der Waals surface area contributed by atoms with Gasteiger partial charge in [-0.05, 0) is 69.4 Å². The minimum Gasteiger partial charge on any atom is -0.333 e. The standard InChI is InChI=1S/C20H34N2O.C2H3F3.2C2H6/c1-7-9-18(10-8-2)21-19(23)22-20(6)13-16(5)12-17(14-20)11-15(3)4;1-2(3,4)5;2*1-2/h7-10,15-17H,1,11-14H2,2-6H3,(H2,21,22,23);1H3;2*1-2H3/b10-8-,18-9+;;;. The molecule has 3 unspecified atom stereocenters. The van der Waals surface area contributed by atoms with Gasteiger partial charge in [-0.2, -0.15) is 13.2 Å². The number of hydrogen-bond acceptors (Lipinski definition) is 1. The van der Waals surface area contributed by atoms with E-state index in [1.165, 1.54) is 12.8 Å². The Kier molecular flexibility index (Phi) is 20.5. The highest BCUT2D eigenvalue weighted by Crippen LogP contribution is 2.38. The van der Waals surface area contributed by atoms with Crippen LogP contribution in [0.25, 0.3) is 0 Å². The number of halogens is 3. The Bertz CT molecular complexity index is 546. The molecule has 1 aliphatic carbocycles. The lowest BCUT2D eigenvalue weighted by molar-refractivity contribution is -0.110. The lowest BCUT2D eigenvalue weighted by Crippen LogP contribution is -2.53. The van der Waals surface area contributed by atoms with E-state index in [2.05, 4.69) is 44.9 Å². The third-order valence-electron chi connectivity index (χ3n) is 4.40. The molecule has 0 aliphatic heterocycles. The number of carbonyl (C=O) groups excluding carboxylic acids is 1. The van der Waals surface area contributed by atoms with Crippen LogP contribution in [0.15, 0.2) is 36.6 Å². The highest BCUT2D eigenvalue weighted by molar-refractivity contribution is 5.77. The van der Waals surface area contributed by atoms with Crippen molar-refractivity contribution in [1.29, 1.82) is 0 Å². The van der Waals surface area contributed by atoms with Crippen molar-refractivity contribution in [2.24, 2.45) is 17.8 Å². The quantitative estimate of drug-likeness (QED) is 0.380.